The van der Waals surface area contributed by atoms with Crippen molar-refractivity contribution < 1.29 is 0 Å². The van der Waals surface area contributed by atoms with Crippen LogP contribution in [0.3, 0.4) is 0 Å². The van der Waals surface area contributed by atoms with Crippen molar-refractivity contribution >= 4 is 22.7 Å². The van der Waals surface area contributed by atoms with Gasteiger partial charge in [0.15, 0.2) is 0 Å². The third kappa shape index (κ3) is 5.02. The predicted molar refractivity (Wildman–Crippen MR) is 120 cm³/mol. The van der Waals surface area contributed by atoms with Gasteiger partial charge in [0.1, 0.15) is 0 Å². The minimum absolute atomic E-state index is 0.649. The van der Waals surface area contributed by atoms with Crippen LogP contribution >= 0.6 is 22.7 Å². The lowest BCUT2D eigenvalue weighted by atomic mass is 9.97. The fraction of sp³-hybridized carbons (Fsp3) is 0.727. The first kappa shape index (κ1) is 20.5. The molecule has 0 amide bonds. The van der Waals surface area contributed by atoms with Crippen molar-refractivity contribution in [2.24, 2.45) is 0 Å². The van der Waals surface area contributed by atoms with E-state index in [1.807, 2.05) is 22.7 Å². The molecule has 2 aromatic heterocycles. The van der Waals surface area contributed by atoms with E-state index in [1.54, 1.807) is 0 Å². The van der Waals surface area contributed by atoms with Crippen LogP contribution in [0.5, 0.6) is 0 Å². The number of rotatable bonds is 7. The highest BCUT2D eigenvalue weighted by Gasteiger charge is 2.26. The molecule has 0 saturated carbocycles. The summed E-state index contributed by atoms with van der Waals surface area (Å²) in [5.74, 6) is 1.30. The maximum atomic E-state index is 4.86. The molecule has 2 atom stereocenters. The molecule has 6 heteroatoms. The maximum Gasteiger partial charge on any atom is 0.0972 e. The zero-order valence-corrected chi connectivity index (χ0v) is 19.0. The zero-order chi connectivity index (χ0) is 19.3. The Balaban J connectivity index is 1.27. The highest BCUT2D eigenvalue weighted by Crippen LogP contribution is 2.31. The van der Waals surface area contributed by atoms with E-state index < -0.39 is 0 Å². The minimum Gasteiger partial charge on any atom is -0.301 e. The molecule has 2 aromatic rings. The Kier molecular flexibility index (Phi) is 7.15. The second kappa shape index (κ2) is 9.79. The van der Waals surface area contributed by atoms with Gasteiger partial charge in [-0.3, -0.25) is 0 Å². The van der Waals surface area contributed by atoms with Crippen LogP contribution in [0.2, 0.25) is 0 Å². The Hall–Kier alpha value is -0.820. The lowest BCUT2D eigenvalue weighted by Crippen LogP contribution is -2.43. The van der Waals surface area contributed by atoms with E-state index in [2.05, 4.69) is 34.4 Å². The van der Waals surface area contributed by atoms with Crippen LogP contribution in [0.4, 0.5) is 0 Å². The largest absolute Gasteiger partial charge is 0.301 e. The van der Waals surface area contributed by atoms with Gasteiger partial charge in [-0.15, -0.1) is 22.7 Å². The highest BCUT2D eigenvalue weighted by atomic mass is 32.1. The molecule has 0 aliphatic carbocycles. The monoisotopic (exact) mass is 418 g/mol. The van der Waals surface area contributed by atoms with E-state index in [1.165, 1.54) is 86.4 Å². The second-order valence-electron chi connectivity index (χ2n) is 8.34. The summed E-state index contributed by atoms with van der Waals surface area (Å²) in [4.78, 5) is 15.1. The minimum atomic E-state index is 0.649. The summed E-state index contributed by atoms with van der Waals surface area (Å²) in [6, 6.07) is 0. The Morgan fingerprint density at radius 3 is 1.68 bits per heavy atom. The number of likely N-dealkylation sites (tertiary alicyclic amines) is 2. The Morgan fingerprint density at radius 1 is 0.821 bits per heavy atom. The average molecular weight is 419 g/mol. The van der Waals surface area contributed by atoms with Gasteiger partial charge < -0.3 is 9.80 Å². The first-order chi connectivity index (χ1) is 13.7. The molecule has 0 radical (unpaired) electrons. The number of thiazole rings is 2. The third-order valence-electron chi connectivity index (χ3n) is 6.31. The van der Waals surface area contributed by atoms with Gasteiger partial charge in [-0.2, -0.15) is 0 Å². The van der Waals surface area contributed by atoms with Crippen LogP contribution in [0.15, 0.2) is 10.8 Å². The Morgan fingerprint density at radius 2 is 1.29 bits per heavy atom. The molecule has 2 aliphatic heterocycles. The molecule has 154 valence electrons. The SMILES string of the molecule is CCc1csc(C2CCCN(CCN3CCCC(c4nc(CC)cs4)C3)C2)n1. The maximum absolute atomic E-state index is 4.86. The van der Waals surface area contributed by atoms with Gasteiger partial charge in [-0.05, 0) is 51.6 Å². The summed E-state index contributed by atoms with van der Waals surface area (Å²) in [6.45, 7) is 11.7. The van der Waals surface area contributed by atoms with Crippen LogP contribution in [0, 0.1) is 0 Å². The van der Waals surface area contributed by atoms with E-state index in [-0.39, 0.29) is 0 Å². The predicted octanol–water partition coefficient (Wildman–Crippen LogP) is 4.78. The molecule has 2 aliphatic rings. The van der Waals surface area contributed by atoms with Gasteiger partial charge >= 0.3 is 0 Å². The van der Waals surface area contributed by atoms with Gasteiger partial charge in [0.25, 0.3) is 0 Å². The lowest BCUT2D eigenvalue weighted by molar-refractivity contribution is 0.149. The number of aryl methyl sites for hydroxylation is 2. The van der Waals surface area contributed by atoms with Gasteiger partial charge in [0.2, 0.25) is 0 Å². The first-order valence-electron chi connectivity index (χ1n) is 11.1. The summed E-state index contributed by atoms with van der Waals surface area (Å²) < 4.78 is 0. The van der Waals surface area contributed by atoms with Crippen LogP contribution in [0.1, 0.15) is 72.8 Å². The normalized spacial score (nSPS) is 24.6. The van der Waals surface area contributed by atoms with Gasteiger partial charge in [-0.25, -0.2) is 9.97 Å². The number of piperidine rings is 2. The van der Waals surface area contributed by atoms with Crippen LogP contribution < -0.4 is 0 Å². The number of aromatic nitrogens is 2. The molecule has 4 heterocycles. The van der Waals surface area contributed by atoms with E-state index in [0.29, 0.717) is 11.8 Å². The molecule has 4 rings (SSSR count). The van der Waals surface area contributed by atoms with Crippen molar-refractivity contribution in [3.05, 3.63) is 32.2 Å². The molecule has 0 bridgehead atoms. The van der Waals surface area contributed by atoms with Crippen molar-refractivity contribution in [1.82, 2.24) is 19.8 Å². The molecule has 2 unspecified atom stereocenters. The van der Waals surface area contributed by atoms with Crippen molar-refractivity contribution in [3.63, 3.8) is 0 Å². The van der Waals surface area contributed by atoms with E-state index in [0.717, 1.165) is 12.8 Å². The number of nitrogens with zero attached hydrogens (tertiary/aromatic N) is 4. The third-order valence-corrected chi connectivity index (χ3v) is 8.42. The second-order valence-corrected chi connectivity index (χ2v) is 10.1. The van der Waals surface area contributed by atoms with Gasteiger partial charge in [0.05, 0.1) is 21.4 Å². The average Bonchev–Trinajstić information content (AvgIpc) is 3.42. The molecule has 4 nitrogen and oxygen atoms in total. The molecule has 0 spiro atoms. The standard InChI is InChI=1S/C22H34N4S2/c1-3-19-15-27-21(23-19)17-7-5-9-25(13-17)11-12-26-10-6-8-18(14-26)22-24-20(4-2)16-28-22/h15-18H,3-14H2,1-2H3. The Bertz CT molecular complexity index is 678. The van der Waals surface area contributed by atoms with Crippen LogP contribution in [-0.2, 0) is 12.8 Å². The summed E-state index contributed by atoms with van der Waals surface area (Å²) in [5, 5.41) is 7.25. The molecular weight excluding hydrogens is 384 g/mol. The highest BCUT2D eigenvalue weighted by molar-refractivity contribution is 7.10. The van der Waals surface area contributed by atoms with Crippen molar-refractivity contribution in [2.75, 3.05) is 39.3 Å². The van der Waals surface area contributed by atoms with Crippen LogP contribution in [0.25, 0.3) is 0 Å². The molecule has 28 heavy (non-hydrogen) atoms. The number of hydrogen-bond donors (Lipinski definition) is 0. The number of hydrogen-bond acceptors (Lipinski definition) is 6. The van der Waals surface area contributed by atoms with E-state index in [4.69, 9.17) is 9.97 Å². The lowest BCUT2D eigenvalue weighted by Gasteiger charge is -2.36. The first-order valence-corrected chi connectivity index (χ1v) is 12.8. The topological polar surface area (TPSA) is 32.3 Å². The summed E-state index contributed by atoms with van der Waals surface area (Å²) in [6.07, 6.45) is 7.36. The van der Waals surface area contributed by atoms with Crippen molar-refractivity contribution in [3.8, 4) is 0 Å². The molecule has 0 N–H and O–H groups in total. The summed E-state index contributed by atoms with van der Waals surface area (Å²) in [5.41, 5.74) is 2.54. The van der Waals surface area contributed by atoms with Gasteiger partial charge in [0, 0.05) is 48.8 Å². The van der Waals surface area contributed by atoms with Crippen molar-refractivity contribution in [2.45, 2.75) is 64.2 Å². The van der Waals surface area contributed by atoms with Crippen LogP contribution in [-0.4, -0.2) is 59.0 Å². The van der Waals surface area contributed by atoms with Gasteiger partial charge in [-0.1, -0.05) is 13.8 Å². The zero-order valence-electron chi connectivity index (χ0n) is 17.4. The molecular formula is C22H34N4S2. The van der Waals surface area contributed by atoms with Crippen molar-refractivity contribution in [1.29, 1.82) is 0 Å². The molecule has 0 aromatic carbocycles. The van der Waals surface area contributed by atoms with E-state index in [9.17, 15) is 0 Å². The summed E-state index contributed by atoms with van der Waals surface area (Å²) in [7, 11) is 0. The molecule has 2 saturated heterocycles. The smallest absolute Gasteiger partial charge is 0.0972 e. The quantitative estimate of drug-likeness (QED) is 0.647. The Labute approximate surface area is 178 Å². The summed E-state index contributed by atoms with van der Waals surface area (Å²) >= 11 is 3.75. The fourth-order valence-corrected chi connectivity index (χ4v) is 6.61. The fourth-order valence-electron chi connectivity index (χ4n) is 4.55. The van der Waals surface area contributed by atoms with E-state index >= 15 is 0 Å². The molecule has 2 fully saturated rings.